The lowest BCUT2D eigenvalue weighted by Crippen LogP contribution is -2.03. The Balaban J connectivity index is 1.94. The van der Waals surface area contributed by atoms with Crippen LogP contribution in [0.15, 0.2) is 17.8 Å². The molecule has 1 fully saturated rings. The van der Waals surface area contributed by atoms with Crippen molar-refractivity contribution in [3.05, 3.63) is 18.5 Å². The Morgan fingerprint density at radius 2 is 2.33 bits per heavy atom. The van der Waals surface area contributed by atoms with Crippen LogP contribution in [0.1, 0.15) is 44.3 Å². The molecule has 2 rings (SSSR count). The molecular formula is C13H19N3OS. The van der Waals surface area contributed by atoms with Crippen LogP contribution in [-0.4, -0.2) is 26.3 Å². The molecule has 1 saturated carbocycles. The summed E-state index contributed by atoms with van der Waals surface area (Å²) in [4.78, 5) is 10.9. The molecule has 0 radical (unpaired) electrons. The van der Waals surface area contributed by atoms with E-state index in [-0.39, 0.29) is 5.78 Å². The van der Waals surface area contributed by atoms with Crippen molar-refractivity contribution in [3.8, 4) is 0 Å². The van der Waals surface area contributed by atoms with Crippen LogP contribution >= 0.6 is 11.8 Å². The van der Waals surface area contributed by atoms with Gasteiger partial charge in [0.05, 0.1) is 0 Å². The van der Waals surface area contributed by atoms with E-state index in [4.69, 9.17) is 0 Å². The third-order valence-corrected chi connectivity index (χ3v) is 3.96. The van der Waals surface area contributed by atoms with Gasteiger partial charge in [0.15, 0.2) is 5.16 Å². The first-order valence-electron chi connectivity index (χ1n) is 6.38. The normalized spacial score (nSPS) is 14.7. The second-order valence-electron chi connectivity index (χ2n) is 4.67. The van der Waals surface area contributed by atoms with E-state index < -0.39 is 0 Å². The van der Waals surface area contributed by atoms with E-state index in [0.29, 0.717) is 12.3 Å². The predicted octanol–water partition coefficient (Wildman–Crippen LogP) is 2.80. The SMILES string of the molecule is C=CCn1c(SCCCC(C)=O)nnc1C1CC1. The number of allylic oxidation sites excluding steroid dienone is 1. The Kier molecular flexibility index (Phi) is 4.58. The maximum absolute atomic E-state index is 10.9. The van der Waals surface area contributed by atoms with Crippen LogP contribution in [0, 0.1) is 0 Å². The maximum atomic E-state index is 10.9. The highest BCUT2D eigenvalue weighted by Gasteiger charge is 2.29. The number of carbonyl (C=O) groups is 1. The molecule has 0 amide bonds. The van der Waals surface area contributed by atoms with Crippen molar-refractivity contribution < 1.29 is 4.79 Å². The molecule has 98 valence electrons. The largest absolute Gasteiger partial charge is 0.302 e. The third-order valence-electron chi connectivity index (χ3n) is 2.90. The topological polar surface area (TPSA) is 47.8 Å². The predicted molar refractivity (Wildman–Crippen MR) is 72.8 cm³/mol. The molecule has 5 heteroatoms. The summed E-state index contributed by atoms with van der Waals surface area (Å²) in [7, 11) is 0. The van der Waals surface area contributed by atoms with Crippen molar-refractivity contribution >= 4 is 17.5 Å². The molecule has 1 aromatic heterocycles. The molecule has 0 aromatic carbocycles. The highest BCUT2D eigenvalue weighted by molar-refractivity contribution is 7.99. The van der Waals surface area contributed by atoms with Gasteiger partial charge in [-0.3, -0.25) is 0 Å². The quantitative estimate of drug-likeness (QED) is 0.412. The number of nitrogens with zero attached hydrogens (tertiary/aromatic N) is 3. The summed E-state index contributed by atoms with van der Waals surface area (Å²) in [6, 6.07) is 0. The lowest BCUT2D eigenvalue weighted by atomic mass is 10.3. The van der Waals surface area contributed by atoms with Crippen LogP contribution in [0.25, 0.3) is 0 Å². The Morgan fingerprint density at radius 3 is 2.94 bits per heavy atom. The first kappa shape index (κ1) is 13.3. The van der Waals surface area contributed by atoms with E-state index in [9.17, 15) is 4.79 Å². The molecule has 1 aromatic rings. The molecule has 0 aliphatic heterocycles. The maximum Gasteiger partial charge on any atom is 0.191 e. The number of rotatable bonds is 8. The Hall–Kier alpha value is -1.10. The summed E-state index contributed by atoms with van der Waals surface area (Å²) in [6.45, 7) is 6.19. The Morgan fingerprint density at radius 1 is 1.56 bits per heavy atom. The second kappa shape index (κ2) is 6.18. The minimum Gasteiger partial charge on any atom is -0.302 e. The van der Waals surface area contributed by atoms with Gasteiger partial charge in [0.1, 0.15) is 11.6 Å². The fourth-order valence-corrected chi connectivity index (χ4v) is 2.73. The minimum absolute atomic E-state index is 0.252. The van der Waals surface area contributed by atoms with Gasteiger partial charge in [-0.05, 0) is 26.2 Å². The number of hydrogen-bond donors (Lipinski definition) is 0. The molecule has 1 aliphatic rings. The third kappa shape index (κ3) is 3.45. The molecule has 0 spiro atoms. The van der Waals surface area contributed by atoms with Crippen LogP contribution in [0.4, 0.5) is 0 Å². The number of hydrogen-bond acceptors (Lipinski definition) is 4. The Bertz CT molecular complexity index is 437. The number of Topliss-reactive ketones (excluding diaryl/α,β-unsaturated/α-hetero) is 1. The molecule has 0 unspecified atom stereocenters. The Labute approximate surface area is 112 Å². The summed E-state index contributed by atoms with van der Waals surface area (Å²) in [5.41, 5.74) is 0. The van der Waals surface area contributed by atoms with Crippen LogP contribution in [0.2, 0.25) is 0 Å². The highest BCUT2D eigenvalue weighted by Crippen LogP contribution is 2.40. The first-order valence-corrected chi connectivity index (χ1v) is 7.37. The molecule has 0 N–H and O–H groups in total. The second-order valence-corrected chi connectivity index (χ2v) is 5.73. The monoisotopic (exact) mass is 265 g/mol. The van der Waals surface area contributed by atoms with Crippen molar-refractivity contribution in [1.29, 1.82) is 0 Å². The van der Waals surface area contributed by atoms with Gasteiger partial charge in [-0.2, -0.15) is 0 Å². The average Bonchev–Trinajstić information content (AvgIpc) is 3.09. The van der Waals surface area contributed by atoms with E-state index in [1.807, 2.05) is 6.08 Å². The van der Waals surface area contributed by atoms with E-state index in [2.05, 4.69) is 21.3 Å². The molecule has 4 nitrogen and oxygen atoms in total. The summed E-state index contributed by atoms with van der Waals surface area (Å²) >= 11 is 1.68. The van der Waals surface area contributed by atoms with Gasteiger partial charge in [-0.25, -0.2) is 0 Å². The van der Waals surface area contributed by atoms with E-state index >= 15 is 0 Å². The van der Waals surface area contributed by atoms with Crippen LogP contribution in [0.5, 0.6) is 0 Å². The summed E-state index contributed by atoms with van der Waals surface area (Å²) in [6.07, 6.45) is 5.89. The van der Waals surface area contributed by atoms with Gasteiger partial charge in [-0.15, -0.1) is 16.8 Å². The standard InChI is InChI=1S/C13H19N3OS/c1-3-8-16-12(11-6-7-11)14-15-13(16)18-9-4-5-10(2)17/h3,11H,1,4-9H2,2H3. The summed E-state index contributed by atoms with van der Waals surface area (Å²) < 4.78 is 2.16. The average molecular weight is 265 g/mol. The lowest BCUT2D eigenvalue weighted by molar-refractivity contribution is -0.117. The van der Waals surface area contributed by atoms with Gasteiger partial charge in [0.2, 0.25) is 0 Å². The van der Waals surface area contributed by atoms with Crippen molar-refractivity contribution in [2.24, 2.45) is 0 Å². The zero-order valence-corrected chi connectivity index (χ0v) is 11.6. The summed E-state index contributed by atoms with van der Waals surface area (Å²) in [5, 5.41) is 9.50. The van der Waals surface area contributed by atoms with E-state index in [1.165, 1.54) is 12.8 Å². The van der Waals surface area contributed by atoms with Crippen LogP contribution in [-0.2, 0) is 11.3 Å². The molecule has 1 aliphatic carbocycles. The molecule has 18 heavy (non-hydrogen) atoms. The van der Waals surface area contributed by atoms with Gasteiger partial charge in [-0.1, -0.05) is 17.8 Å². The minimum atomic E-state index is 0.252. The number of ketones is 1. The fourth-order valence-electron chi connectivity index (χ4n) is 1.84. The van der Waals surface area contributed by atoms with Gasteiger partial charge < -0.3 is 9.36 Å². The number of aromatic nitrogens is 3. The van der Waals surface area contributed by atoms with E-state index in [1.54, 1.807) is 18.7 Å². The fraction of sp³-hybridized carbons (Fsp3) is 0.615. The van der Waals surface area contributed by atoms with Gasteiger partial charge >= 0.3 is 0 Å². The lowest BCUT2D eigenvalue weighted by Gasteiger charge is -2.06. The molecular weight excluding hydrogens is 246 g/mol. The molecule has 0 atom stereocenters. The van der Waals surface area contributed by atoms with Crippen molar-refractivity contribution in [2.45, 2.75) is 50.2 Å². The highest BCUT2D eigenvalue weighted by atomic mass is 32.2. The number of carbonyl (C=O) groups excluding carboxylic acids is 1. The summed E-state index contributed by atoms with van der Waals surface area (Å²) in [5.74, 6) is 2.87. The zero-order chi connectivity index (χ0) is 13.0. The van der Waals surface area contributed by atoms with Gasteiger partial charge in [0, 0.05) is 24.6 Å². The zero-order valence-electron chi connectivity index (χ0n) is 10.8. The van der Waals surface area contributed by atoms with Crippen LogP contribution in [0.3, 0.4) is 0 Å². The van der Waals surface area contributed by atoms with Crippen molar-refractivity contribution in [2.75, 3.05) is 5.75 Å². The molecule has 0 saturated heterocycles. The first-order chi connectivity index (χ1) is 8.72. The van der Waals surface area contributed by atoms with Crippen LogP contribution < -0.4 is 0 Å². The smallest absolute Gasteiger partial charge is 0.191 e. The van der Waals surface area contributed by atoms with Gasteiger partial charge in [0.25, 0.3) is 0 Å². The number of thioether (sulfide) groups is 1. The van der Waals surface area contributed by atoms with Crippen molar-refractivity contribution in [3.63, 3.8) is 0 Å². The van der Waals surface area contributed by atoms with E-state index in [0.717, 1.165) is 29.7 Å². The molecule has 1 heterocycles. The molecule has 0 bridgehead atoms. The van der Waals surface area contributed by atoms with Crippen molar-refractivity contribution in [1.82, 2.24) is 14.8 Å².